The fourth-order valence-electron chi connectivity index (χ4n) is 4.00. The van der Waals surface area contributed by atoms with Crippen LogP contribution in [0.15, 0.2) is 66.7 Å². The Kier molecular flexibility index (Phi) is 10.2. The molecular weight excluding hydrogens is 525 g/mol. The van der Waals surface area contributed by atoms with Crippen LogP contribution >= 0.6 is 0 Å². The van der Waals surface area contributed by atoms with Crippen LogP contribution < -0.4 is 10.1 Å². The van der Waals surface area contributed by atoms with Gasteiger partial charge < -0.3 is 20.1 Å². The lowest BCUT2D eigenvalue weighted by Gasteiger charge is -2.32. The lowest BCUT2D eigenvalue weighted by Crippen LogP contribution is -2.43. The third-order valence-corrected chi connectivity index (χ3v) is 6.24. The van der Waals surface area contributed by atoms with E-state index in [1.165, 1.54) is 0 Å². The first-order chi connectivity index (χ1) is 19.0. The lowest BCUT2D eigenvalue weighted by atomic mass is 10.0. The number of nitrogens with one attached hydrogen (secondary N) is 1. The second-order valence-electron chi connectivity index (χ2n) is 9.13. The van der Waals surface area contributed by atoms with Crippen LogP contribution in [0.2, 0.25) is 0 Å². The van der Waals surface area contributed by atoms with E-state index in [2.05, 4.69) is 34.3 Å². The monoisotopic (exact) mass is 554 g/mol. The second-order valence-corrected chi connectivity index (χ2v) is 9.13. The maximum atomic E-state index is 12.6. The number of hydrogen-bond acceptors (Lipinski definition) is 6. The molecule has 0 aliphatic carbocycles. The molecule has 1 heterocycles. The Bertz CT molecular complexity index is 1360. The van der Waals surface area contributed by atoms with E-state index in [1.807, 2.05) is 36.4 Å². The van der Waals surface area contributed by atoms with Crippen molar-refractivity contribution in [2.75, 3.05) is 45.7 Å². The first kappa shape index (κ1) is 30.1. The number of piperazine rings is 1. The van der Waals surface area contributed by atoms with Gasteiger partial charge in [-0.15, -0.1) is 0 Å². The molecule has 3 aromatic rings. The molecule has 40 heavy (non-hydrogen) atoms. The van der Waals surface area contributed by atoms with Crippen molar-refractivity contribution >= 4 is 17.6 Å². The van der Waals surface area contributed by atoms with Gasteiger partial charge in [-0.05, 0) is 66.7 Å². The number of hydrogen-bond donors (Lipinski definition) is 2. The molecule has 3 aromatic carbocycles. The van der Waals surface area contributed by atoms with Crippen molar-refractivity contribution in [1.29, 1.82) is 5.26 Å². The number of ether oxygens (including phenoxy) is 1. The Morgan fingerprint density at radius 3 is 2.20 bits per heavy atom. The number of nitriles is 1. The molecule has 1 aliphatic rings. The number of rotatable bonds is 6. The highest BCUT2D eigenvalue weighted by atomic mass is 19.4. The van der Waals surface area contributed by atoms with E-state index in [0.29, 0.717) is 11.1 Å². The number of anilines is 1. The van der Waals surface area contributed by atoms with Gasteiger partial charge in [-0.25, -0.2) is 4.79 Å². The molecule has 1 aliphatic heterocycles. The Hall–Kier alpha value is -4.40. The minimum atomic E-state index is -5.08. The molecule has 11 heteroatoms. The van der Waals surface area contributed by atoms with Crippen molar-refractivity contribution in [3.8, 4) is 22.9 Å². The van der Waals surface area contributed by atoms with Crippen LogP contribution in [0.25, 0.3) is 11.1 Å². The first-order valence-electron chi connectivity index (χ1n) is 12.3. The summed E-state index contributed by atoms with van der Waals surface area (Å²) >= 11 is 0. The van der Waals surface area contributed by atoms with Crippen molar-refractivity contribution in [3.63, 3.8) is 0 Å². The summed E-state index contributed by atoms with van der Waals surface area (Å²) in [5.74, 6) is -2.07. The number of amides is 1. The molecule has 0 radical (unpaired) electrons. The molecule has 1 fully saturated rings. The number of likely N-dealkylation sites (N-methyl/N-ethyl adjacent to an activating group) is 1. The molecule has 2 N–H and O–H groups in total. The first-order valence-corrected chi connectivity index (χ1v) is 12.3. The van der Waals surface area contributed by atoms with Crippen molar-refractivity contribution in [2.45, 2.75) is 12.7 Å². The minimum Gasteiger partial charge on any atom is -0.496 e. The molecule has 0 aromatic heterocycles. The summed E-state index contributed by atoms with van der Waals surface area (Å²) < 4.78 is 37.4. The highest BCUT2D eigenvalue weighted by molar-refractivity contribution is 6.04. The van der Waals surface area contributed by atoms with Gasteiger partial charge in [0.1, 0.15) is 5.75 Å². The van der Waals surface area contributed by atoms with Crippen molar-refractivity contribution in [1.82, 2.24) is 9.80 Å². The molecule has 0 bridgehead atoms. The number of benzene rings is 3. The molecule has 0 saturated carbocycles. The summed E-state index contributed by atoms with van der Waals surface area (Å²) in [6, 6.07) is 22.7. The highest BCUT2D eigenvalue weighted by Crippen LogP contribution is 2.29. The average Bonchev–Trinajstić information content (AvgIpc) is 2.94. The predicted molar refractivity (Wildman–Crippen MR) is 144 cm³/mol. The quantitative estimate of drug-likeness (QED) is 0.448. The summed E-state index contributed by atoms with van der Waals surface area (Å²) in [5, 5.41) is 19.0. The summed E-state index contributed by atoms with van der Waals surface area (Å²) in [5.41, 5.74) is 5.02. The maximum absolute atomic E-state index is 12.6. The number of halogens is 3. The third kappa shape index (κ3) is 8.56. The van der Waals surface area contributed by atoms with Gasteiger partial charge in [-0.2, -0.15) is 18.4 Å². The molecular formula is C29H29F3N4O4. The minimum absolute atomic E-state index is 0.206. The van der Waals surface area contributed by atoms with Crippen molar-refractivity contribution < 1.29 is 32.6 Å². The van der Waals surface area contributed by atoms with Gasteiger partial charge in [0, 0.05) is 49.5 Å². The summed E-state index contributed by atoms with van der Waals surface area (Å²) in [6.45, 7) is 5.08. The number of aliphatic carboxylic acids is 1. The molecule has 0 spiro atoms. The van der Waals surface area contributed by atoms with Crippen LogP contribution in [0.3, 0.4) is 0 Å². The molecule has 0 atom stereocenters. The smallest absolute Gasteiger partial charge is 0.490 e. The third-order valence-electron chi connectivity index (χ3n) is 6.24. The fraction of sp³-hybridized carbons (Fsp3) is 0.276. The largest absolute Gasteiger partial charge is 0.496 e. The summed E-state index contributed by atoms with van der Waals surface area (Å²) in [7, 11) is 3.87. The number of carbonyl (C=O) groups excluding carboxylic acids is 1. The average molecular weight is 555 g/mol. The Labute approximate surface area is 230 Å². The Morgan fingerprint density at radius 2 is 1.62 bits per heavy atom. The predicted octanol–water partition coefficient (Wildman–Crippen LogP) is 4.87. The number of carbonyl (C=O) groups is 2. The SMILES string of the molecule is COc1ccc(-c2cccc(NC(=O)c3ccc(C#N)cc3)c2)cc1CN1CCN(C)CC1.O=C(O)C(F)(F)F. The van der Waals surface area contributed by atoms with Crippen LogP contribution in [0.4, 0.5) is 18.9 Å². The molecule has 210 valence electrons. The van der Waals surface area contributed by atoms with Gasteiger partial charge >= 0.3 is 12.1 Å². The van der Waals surface area contributed by atoms with Gasteiger partial charge in [0.05, 0.1) is 18.7 Å². The summed E-state index contributed by atoms with van der Waals surface area (Å²) in [6.07, 6.45) is -5.08. The lowest BCUT2D eigenvalue weighted by molar-refractivity contribution is -0.192. The molecule has 1 saturated heterocycles. The van der Waals surface area contributed by atoms with Crippen LogP contribution in [0.5, 0.6) is 5.75 Å². The second kappa shape index (κ2) is 13.6. The normalized spacial score (nSPS) is 13.9. The topological polar surface area (TPSA) is 106 Å². The fourth-order valence-corrected chi connectivity index (χ4v) is 4.00. The van der Waals surface area contributed by atoms with E-state index >= 15 is 0 Å². The molecule has 8 nitrogen and oxygen atoms in total. The zero-order valence-electron chi connectivity index (χ0n) is 22.0. The van der Waals surface area contributed by atoms with Gasteiger partial charge in [0.25, 0.3) is 5.91 Å². The van der Waals surface area contributed by atoms with Gasteiger partial charge in [0.2, 0.25) is 0 Å². The van der Waals surface area contributed by atoms with Gasteiger partial charge in [-0.3, -0.25) is 9.69 Å². The van der Waals surface area contributed by atoms with E-state index in [4.69, 9.17) is 19.9 Å². The molecule has 1 amide bonds. The van der Waals surface area contributed by atoms with E-state index in [1.54, 1.807) is 31.4 Å². The zero-order chi connectivity index (χ0) is 29.3. The number of methoxy groups -OCH3 is 1. The van der Waals surface area contributed by atoms with Crippen LogP contribution in [0.1, 0.15) is 21.5 Å². The van der Waals surface area contributed by atoms with E-state index in [0.717, 1.165) is 60.9 Å². The van der Waals surface area contributed by atoms with Gasteiger partial charge in [0.15, 0.2) is 0 Å². The molecule has 0 unspecified atom stereocenters. The van der Waals surface area contributed by atoms with E-state index in [9.17, 15) is 18.0 Å². The number of alkyl halides is 3. The van der Waals surface area contributed by atoms with E-state index < -0.39 is 12.1 Å². The standard InChI is InChI=1S/C27H28N4O2.C2HF3O2/c1-30-12-14-31(15-13-30)19-24-16-23(10-11-26(24)33-2)22-4-3-5-25(17-22)29-27(32)21-8-6-20(18-28)7-9-21;3-2(4,5)1(6)7/h3-11,16-17H,12-15,19H2,1-2H3,(H,29,32);(H,6,7). The van der Waals surface area contributed by atoms with Crippen molar-refractivity contribution in [3.05, 3.63) is 83.4 Å². The molecule has 4 rings (SSSR count). The van der Waals surface area contributed by atoms with Crippen LogP contribution in [-0.2, 0) is 11.3 Å². The zero-order valence-corrected chi connectivity index (χ0v) is 22.0. The number of carboxylic acids is 1. The Morgan fingerprint density at radius 1 is 1.00 bits per heavy atom. The van der Waals surface area contributed by atoms with Gasteiger partial charge in [-0.1, -0.05) is 18.2 Å². The van der Waals surface area contributed by atoms with E-state index in [-0.39, 0.29) is 5.91 Å². The summed E-state index contributed by atoms with van der Waals surface area (Å²) in [4.78, 5) is 26.3. The van der Waals surface area contributed by atoms with Crippen LogP contribution in [0, 0.1) is 11.3 Å². The van der Waals surface area contributed by atoms with Crippen molar-refractivity contribution in [2.24, 2.45) is 0 Å². The number of carboxylic acid groups (broad SMARTS) is 1. The highest BCUT2D eigenvalue weighted by Gasteiger charge is 2.38. The maximum Gasteiger partial charge on any atom is 0.490 e. The number of nitrogens with zero attached hydrogens (tertiary/aromatic N) is 3. The van der Waals surface area contributed by atoms with Crippen LogP contribution in [-0.4, -0.2) is 73.3 Å². The Balaban J connectivity index is 0.000000559.